The van der Waals surface area contributed by atoms with E-state index < -0.39 is 20.0 Å². The first kappa shape index (κ1) is 27.9. The van der Waals surface area contributed by atoms with Crippen LogP contribution < -0.4 is 18.9 Å². The van der Waals surface area contributed by atoms with E-state index in [0.717, 1.165) is 0 Å². The first-order valence-electron chi connectivity index (χ1n) is 5.30. The van der Waals surface area contributed by atoms with Crippen LogP contribution in [0.5, 0.6) is 0 Å². The molecule has 23 heavy (non-hydrogen) atoms. The molecule has 7 nitrogen and oxygen atoms in total. The van der Waals surface area contributed by atoms with Crippen LogP contribution in [0.25, 0.3) is 0 Å². The van der Waals surface area contributed by atoms with Crippen LogP contribution in [0, 0.1) is 9.56 Å². The molecule has 0 aliphatic carbocycles. The van der Waals surface area contributed by atoms with Crippen molar-refractivity contribution in [2.75, 3.05) is 0 Å². The van der Waals surface area contributed by atoms with Gasteiger partial charge in [0.1, 0.15) is 0 Å². The van der Waals surface area contributed by atoms with E-state index in [9.17, 15) is 17.5 Å². The molecule has 0 aliphatic heterocycles. The van der Waals surface area contributed by atoms with Crippen LogP contribution in [0.4, 0.5) is 0 Å². The van der Waals surface area contributed by atoms with Crippen molar-refractivity contribution in [1.29, 1.82) is 9.56 Å². The largest absolute Gasteiger partial charge is 2.00 e. The van der Waals surface area contributed by atoms with Gasteiger partial charge in [0.15, 0.2) is 0 Å². The second-order valence-electron chi connectivity index (χ2n) is 3.63. The summed E-state index contributed by atoms with van der Waals surface area (Å²) < 4.78 is 55.3. The van der Waals surface area contributed by atoms with E-state index in [0.29, 0.717) is 0 Å². The topological polar surface area (TPSA) is 158 Å². The van der Waals surface area contributed by atoms with E-state index in [4.69, 9.17) is 9.56 Å². The Kier molecular flexibility index (Phi) is 15.1. The van der Waals surface area contributed by atoms with E-state index in [-0.39, 0.29) is 71.9 Å². The summed E-state index contributed by atoms with van der Waals surface area (Å²) in [6.07, 6.45) is 0. The third-order valence-corrected chi connectivity index (χ3v) is 3.89. The number of hydrogen-bond acceptors (Lipinski definition) is 7. The number of nitrogens with one attached hydrogen (secondary N) is 2. The first-order valence-corrected chi connectivity index (χ1v) is 8.27. The van der Waals surface area contributed by atoms with Crippen molar-refractivity contribution in [2.24, 2.45) is 0 Å². The maximum absolute atomic E-state index is 10.5. The molecule has 0 spiro atoms. The summed E-state index contributed by atoms with van der Waals surface area (Å²) in [5.74, 6) is 0. The van der Waals surface area contributed by atoms with Crippen LogP contribution in [0.15, 0.2) is 70.5 Å². The third kappa shape index (κ3) is 11.3. The first-order chi connectivity index (χ1) is 9.21. The molecule has 116 valence electrons. The molecule has 2 aromatic carbocycles. The van der Waals surface area contributed by atoms with Crippen molar-refractivity contribution in [2.45, 2.75) is 9.79 Å². The van der Waals surface area contributed by atoms with Crippen molar-refractivity contribution >= 4 is 57.8 Å². The number of rotatable bonds is 2. The molecule has 0 aliphatic rings. The predicted molar refractivity (Wildman–Crippen MR) is 80.4 cm³/mol. The molecule has 0 radical (unpaired) electrons. The monoisotopic (exact) mass is 376 g/mol. The van der Waals surface area contributed by atoms with E-state index >= 15 is 0 Å². The summed E-state index contributed by atoms with van der Waals surface area (Å²) in [7, 11) is -7.51. The average Bonchev–Trinajstić information content (AvgIpc) is 2.40. The number of benzene rings is 2. The Hall–Kier alpha value is 0.0771. The molecule has 2 rings (SSSR count). The second-order valence-corrected chi connectivity index (χ2v) is 6.59. The second kappa shape index (κ2) is 12.4. The fourth-order valence-electron chi connectivity index (χ4n) is 1.20. The maximum Gasteiger partial charge on any atom is 2.00 e. The molecule has 11 heteroatoms. The SMILES string of the molecule is N=S(=O)([O-])c1ccccc1.N=S(=O)([O-])c1ccccc1.[Ca+2].[Li+].[OH-]. The summed E-state index contributed by atoms with van der Waals surface area (Å²) in [4.78, 5) is 0.0741. The zero-order valence-corrected chi connectivity index (χ0v) is 16.2. The molecule has 3 N–H and O–H groups in total. The fourth-order valence-corrected chi connectivity index (χ4v) is 2.23. The summed E-state index contributed by atoms with van der Waals surface area (Å²) in [5, 5.41) is 0. The Balaban J connectivity index is -0.000000308. The Morgan fingerprint density at radius 2 is 0.913 bits per heavy atom. The van der Waals surface area contributed by atoms with Gasteiger partial charge >= 0.3 is 56.6 Å². The van der Waals surface area contributed by atoms with Crippen molar-refractivity contribution in [3.8, 4) is 0 Å². The Labute approximate surface area is 178 Å². The van der Waals surface area contributed by atoms with E-state index in [1.807, 2.05) is 0 Å². The van der Waals surface area contributed by atoms with Crippen molar-refractivity contribution < 1.29 is 41.9 Å². The van der Waals surface area contributed by atoms with Crippen LogP contribution in [-0.4, -0.2) is 60.7 Å². The Morgan fingerprint density at radius 3 is 1.04 bits per heavy atom. The summed E-state index contributed by atoms with van der Waals surface area (Å²) in [6.45, 7) is 0. The summed E-state index contributed by atoms with van der Waals surface area (Å²) in [5.41, 5.74) is 0. The molecule has 0 bridgehead atoms. The van der Waals surface area contributed by atoms with Gasteiger partial charge in [-0.1, -0.05) is 36.4 Å². The van der Waals surface area contributed by atoms with Crippen LogP contribution in [0.2, 0.25) is 0 Å². The molecule has 0 saturated heterocycles. The molecular formula is C12H13CaLiN2O5S2. The molecule has 2 unspecified atom stereocenters. The van der Waals surface area contributed by atoms with Crippen LogP contribution in [-0.2, 0) is 20.0 Å². The Bertz CT molecular complexity index is 689. The van der Waals surface area contributed by atoms with Crippen LogP contribution >= 0.6 is 0 Å². The predicted octanol–water partition coefficient (Wildman–Crippen LogP) is -1.11. The zero-order chi connectivity index (χ0) is 15.2. The molecular weight excluding hydrogens is 363 g/mol. The van der Waals surface area contributed by atoms with Crippen molar-refractivity contribution in [1.82, 2.24) is 0 Å². The minimum Gasteiger partial charge on any atom is -0.870 e. The van der Waals surface area contributed by atoms with Gasteiger partial charge in [0, 0.05) is 29.8 Å². The molecule has 0 heterocycles. The van der Waals surface area contributed by atoms with Gasteiger partial charge in [-0.15, -0.1) is 0 Å². The van der Waals surface area contributed by atoms with Crippen LogP contribution in [0.1, 0.15) is 0 Å². The molecule has 0 fully saturated rings. The quantitative estimate of drug-likeness (QED) is 0.635. The molecule has 0 aromatic heterocycles. The molecule has 0 saturated carbocycles. The van der Waals surface area contributed by atoms with Crippen molar-refractivity contribution in [3.05, 3.63) is 60.7 Å². The molecule has 0 amide bonds. The van der Waals surface area contributed by atoms with Crippen LogP contribution in [0.3, 0.4) is 0 Å². The maximum atomic E-state index is 10.5. The minimum atomic E-state index is -3.75. The van der Waals surface area contributed by atoms with E-state index in [2.05, 4.69) is 0 Å². The van der Waals surface area contributed by atoms with E-state index in [1.165, 1.54) is 24.3 Å². The molecule has 2 aromatic rings. The van der Waals surface area contributed by atoms with Gasteiger partial charge in [0.25, 0.3) is 0 Å². The Morgan fingerprint density at radius 1 is 0.696 bits per heavy atom. The van der Waals surface area contributed by atoms with Gasteiger partial charge in [-0.2, -0.15) is 0 Å². The van der Waals surface area contributed by atoms with Gasteiger partial charge in [0.05, 0.1) is 0 Å². The van der Waals surface area contributed by atoms with Gasteiger partial charge in [-0.3, -0.25) is 18.0 Å². The fraction of sp³-hybridized carbons (Fsp3) is 0. The summed E-state index contributed by atoms with van der Waals surface area (Å²) in [6, 6.07) is 15.3. The smallest absolute Gasteiger partial charge is 0.870 e. The molecule has 2 atom stereocenters. The minimum absolute atomic E-state index is 0. The zero-order valence-electron chi connectivity index (χ0n) is 12.4. The normalized spacial score (nSPS) is 14.0. The van der Waals surface area contributed by atoms with Gasteiger partial charge in [-0.25, -0.2) is 0 Å². The van der Waals surface area contributed by atoms with E-state index in [1.54, 1.807) is 36.4 Å². The standard InChI is InChI=1S/2C6H7NO2S.Ca.Li.H2O/c2*7-10(8,9)6-4-2-1-3-5-6;;;/h2*1-5H,(H2,7,8,9);;;1H2/q;;+2;+1;/p-3. The van der Waals surface area contributed by atoms with Gasteiger partial charge < -0.3 is 14.6 Å². The van der Waals surface area contributed by atoms with Gasteiger partial charge in [0.2, 0.25) is 0 Å². The average molecular weight is 376 g/mol. The van der Waals surface area contributed by atoms with Gasteiger partial charge in [-0.05, 0) is 24.3 Å². The third-order valence-electron chi connectivity index (χ3n) is 2.11. The van der Waals surface area contributed by atoms with Crippen molar-refractivity contribution in [3.63, 3.8) is 0 Å². The summed E-state index contributed by atoms with van der Waals surface area (Å²) >= 11 is 0. The number of hydrogen-bond donors (Lipinski definition) is 2.